The molecule has 3 atom stereocenters. The summed E-state index contributed by atoms with van der Waals surface area (Å²) in [7, 11) is -0.514. The Bertz CT molecular complexity index is 364. The zero-order chi connectivity index (χ0) is 14.6. The third-order valence-corrected chi connectivity index (χ3v) is 5.27. The van der Waals surface area contributed by atoms with Crippen molar-refractivity contribution in [3.05, 3.63) is 0 Å². The first-order valence-electron chi connectivity index (χ1n) is 6.65. The Morgan fingerprint density at radius 2 is 1.89 bits per heavy atom. The molecule has 0 aromatic rings. The van der Waals surface area contributed by atoms with Gasteiger partial charge < -0.3 is 9.84 Å². The maximum Gasteiger partial charge on any atom is 0.281 e. The second-order valence-corrected chi connectivity index (χ2v) is 7.70. The van der Waals surface area contributed by atoms with Crippen LogP contribution in [0.15, 0.2) is 0 Å². The van der Waals surface area contributed by atoms with Gasteiger partial charge >= 0.3 is 0 Å². The van der Waals surface area contributed by atoms with E-state index in [4.69, 9.17) is 4.74 Å². The van der Waals surface area contributed by atoms with E-state index in [0.29, 0.717) is 24.9 Å². The van der Waals surface area contributed by atoms with Crippen molar-refractivity contribution in [2.75, 3.05) is 40.4 Å². The standard InChI is InChI=1S/C12H26N2O4S/c1-10-5-11(2)7-14(6-10)19(16,17)13(3)8-12(15)9-18-4/h10-12,15H,5-9H2,1-4H3/t10-,11+,12-/m0/s1. The molecule has 0 aliphatic carbocycles. The average molecular weight is 294 g/mol. The minimum atomic E-state index is -3.49. The van der Waals surface area contributed by atoms with Gasteiger partial charge in [0.1, 0.15) is 0 Å². The number of rotatable bonds is 6. The molecular formula is C12H26N2O4S. The van der Waals surface area contributed by atoms with Gasteiger partial charge in [-0.3, -0.25) is 0 Å². The number of hydrogen-bond acceptors (Lipinski definition) is 4. The molecule has 1 rings (SSSR count). The highest BCUT2D eigenvalue weighted by atomic mass is 32.2. The van der Waals surface area contributed by atoms with Gasteiger partial charge in [0.15, 0.2) is 0 Å². The van der Waals surface area contributed by atoms with Crippen molar-refractivity contribution in [2.45, 2.75) is 26.4 Å². The molecule has 1 aliphatic heterocycles. The Morgan fingerprint density at radius 1 is 1.37 bits per heavy atom. The van der Waals surface area contributed by atoms with E-state index in [9.17, 15) is 13.5 Å². The first-order valence-corrected chi connectivity index (χ1v) is 8.05. The second-order valence-electron chi connectivity index (χ2n) is 5.66. The molecule has 0 bridgehead atoms. The Balaban J connectivity index is 2.68. The lowest BCUT2D eigenvalue weighted by molar-refractivity contribution is 0.0541. The van der Waals surface area contributed by atoms with Crippen LogP contribution in [0.4, 0.5) is 0 Å². The van der Waals surface area contributed by atoms with Crippen molar-refractivity contribution in [2.24, 2.45) is 11.8 Å². The number of aliphatic hydroxyl groups is 1. The van der Waals surface area contributed by atoms with Gasteiger partial charge in [0, 0.05) is 33.8 Å². The molecule has 7 heteroatoms. The number of ether oxygens (including phenoxy) is 1. The van der Waals surface area contributed by atoms with Crippen LogP contribution in [0, 0.1) is 11.8 Å². The fraction of sp³-hybridized carbons (Fsp3) is 1.00. The van der Waals surface area contributed by atoms with Gasteiger partial charge in [0.2, 0.25) is 0 Å². The van der Waals surface area contributed by atoms with Crippen molar-refractivity contribution in [1.29, 1.82) is 0 Å². The van der Waals surface area contributed by atoms with Crippen LogP contribution in [0.5, 0.6) is 0 Å². The number of methoxy groups -OCH3 is 1. The van der Waals surface area contributed by atoms with Crippen LogP contribution >= 0.6 is 0 Å². The predicted octanol–water partition coefficient (Wildman–Crippen LogP) is 0.148. The zero-order valence-electron chi connectivity index (χ0n) is 12.2. The summed E-state index contributed by atoms with van der Waals surface area (Å²) in [5.74, 6) is 0.742. The molecule has 0 aromatic heterocycles. The average Bonchev–Trinajstić information content (AvgIpc) is 2.27. The van der Waals surface area contributed by atoms with Crippen molar-refractivity contribution in [3.63, 3.8) is 0 Å². The molecule has 0 amide bonds. The Kier molecular flexibility index (Phi) is 6.19. The number of likely N-dealkylation sites (N-methyl/N-ethyl adjacent to an activating group) is 1. The Hall–Kier alpha value is -0.210. The molecule has 0 saturated carbocycles. The molecule has 0 radical (unpaired) electrons. The fourth-order valence-electron chi connectivity index (χ4n) is 2.63. The summed E-state index contributed by atoms with van der Waals surface area (Å²) in [4.78, 5) is 0. The highest BCUT2D eigenvalue weighted by molar-refractivity contribution is 7.86. The summed E-state index contributed by atoms with van der Waals surface area (Å²) in [5, 5.41) is 9.64. The molecule has 1 N–H and O–H groups in total. The summed E-state index contributed by atoms with van der Waals surface area (Å²) in [6, 6.07) is 0. The number of piperidine rings is 1. The molecule has 1 saturated heterocycles. The minimum absolute atomic E-state index is 0.0510. The van der Waals surface area contributed by atoms with E-state index in [2.05, 4.69) is 13.8 Å². The number of nitrogens with zero attached hydrogens (tertiary/aromatic N) is 2. The molecule has 19 heavy (non-hydrogen) atoms. The second kappa shape index (κ2) is 6.99. The van der Waals surface area contributed by atoms with Crippen LogP contribution in [0.1, 0.15) is 20.3 Å². The highest BCUT2D eigenvalue weighted by Gasteiger charge is 2.33. The van der Waals surface area contributed by atoms with Gasteiger partial charge in [-0.05, 0) is 18.3 Å². The summed E-state index contributed by atoms with van der Waals surface area (Å²) in [5.41, 5.74) is 0. The molecule has 1 fully saturated rings. The van der Waals surface area contributed by atoms with Crippen LogP contribution in [0.25, 0.3) is 0 Å². The molecule has 6 nitrogen and oxygen atoms in total. The Morgan fingerprint density at radius 3 is 2.37 bits per heavy atom. The molecular weight excluding hydrogens is 268 g/mol. The SMILES string of the molecule is COC[C@@H](O)CN(C)S(=O)(=O)N1C[C@H](C)C[C@H](C)C1. The van der Waals surface area contributed by atoms with Gasteiger partial charge in [-0.1, -0.05) is 13.8 Å². The topological polar surface area (TPSA) is 70.1 Å². The van der Waals surface area contributed by atoms with E-state index in [1.54, 1.807) is 0 Å². The predicted molar refractivity (Wildman–Crippen MR) is 74.0 cm³/mol. The lowest BCUT2D eigenvalue weighted by Crippen LogP contribution is -2.50. The van der Waals surface area contributed by atoms with Crippen molar-refractivity contribution in [3.8, 4) is 0 Å². The van der Waals surface area contributed by atoms with E-state index in [0.717, 1.165) is 6.42 Å². The van der Waals surface area contributed by atoms with Crippen LogP contribution in [-0.4, -0.2) is 68.6 Å². The molecule has 1 aliphatic rings. The third-order valence-electron chi connectivity index (χ3n) is 3.38. The largest absolute Gasteiger partial charge is 0.389 e. The van der Waals surface area contributed by atoms with Crippen molar-refractivity contribution >= 4 is 10.2 Å². The summed E-state index contributed by atoms with van der Waals surface area (Å²) in [6.45, 7) is 5.42. The molecule has 0 unspecified atom stereocenters. The van der Waals surface area contributed by atoms with E-state index in [1.807, 2.05) is 0 Å². The van der Waals surface area contributed by atoms with Gasteiger partial charge in [-0.25, -0.2) is 0 Å². The zero-order valence-corrected chi connectivity index (χ0v) is 13.1. The maximum atomic E-state index is 12.4. The maximum absolute atomic E-state index is 12.4. The first-order chi connectivity index (χ1) is 8.77. The summed E-state index contributed by atoms with van der Waals surface area (Å²) < 4.78 is 32.4. The summed E-state index contributed by atoms with van der Waals surface area (Å²) >= 11 is 0. The smallest absolute Gasteiger partial charge is 0.281 e. The molecule has 114 valence electrons. The van der Waals surface area contributed by atoms with Crippen LogP contribution < -0.4 is 0 Å². The van der Waals surface area contributed by atoms with Crippen molar-refractivity contribution in [1.82, 2.24) is 8.61 Å². The lowest BCUT2D eigenvalue weighted by atomic mass is 9.94. The van der Waals surface area contributed by atoms with E-state index >= 15 is 0 Å². The van der Waals surface area contributed by atoms with Gasteiger partial charge in [0.25, 0.3) is 10.2 Å². The minimum Gasteiger partial charge on any atom is -0.389 e. The van der Waals surface area contributed by atoms with Crippen LogP contribution in [-0.2, 0) is 14.9 Å². The van der Waals surface area contributed by atoms with Gasteiger partial charge in [-0.15, -0.1) is 0 Å². The normalized spacial score (nSPS) is 27.7. The third kappa shape index (κ3) is 4.68. The molecule has 0 aromatic carbocycles. The Labute approximate surface area is 116 Å². The first kappa shape index (κ1) is 16.8. The number of hydrogen-bond donors (Lipinski definition) is 1. The fourth-order valence-corrected chi connectivity index (χ4v) is 4.27. The highest BCUT2D eigenvalue weighted by Crippen LogP contribution is 2.24. The number of aliphatic hydroxyl groups excluding tert-OH is 1. The van der Waals surface area contributed by atoms with Gasteiger partial charge in [-0.2, -0.15) is 17.0 Å². The molecule has 0 spiro atoms. The summed E-state index contributed by atoms with van der Waals surface area (Å²) in [6.07, 6.45) is 0.256. The van der Waals surface area contributed by atoms with Crippen LogP contribution in [0.3, 0.4) is 0 Å². The monoisotopic (exact) mass is 294 g/mol. The van der Waals surface area contributed by atoms with E-state index in [1.165, 1.54) is 22.8 Å². The van der Waals surface area contributed by atoms with Crippen LogP contribution in [0.2, 0.25) is 0 Å². The van der Waals surface area contributed by atoms with E-state index < -0.39 is 16.3 Å². The van der Waals surface area contributed by atoms with Crippen molar-refractivity contribution < 1.29 is 18.3 Å². The molecule has 1 heterocycles. The van der Waals surface area contributed by atoms with Gasteiger partial charge in [0.05, 0.1) is 12.7 Å². The van der Waals surface area contributed by atoms with E-state index in [-0.39, 0.29) is 13.2 Å². The quantitative estimate of drug-likeness (QED) is 0.757. The lowest BCUT2D eigenvalue weighted by Gasteiger charge is -2.36.